The Morgan fingerprint density at radius 1 is 1.05 bits per heavy atom. The molecule has 0 saturated heterocycles. The number of hydrogen-bond donors (Lipinski definition) is 3. The van der Waals surface area contributed by atoms with Crippen LogP contribution in [0.5, 0.6) is 5.75 Å². The van der Waals surface area contributed by atoms with Crippen molar-refractivity contribution >= 4 is 23.1 Å². The van der Waals surface area contributed by atoms with E-state index in [2.05, 4.69) is 10.6 Å². The van der Waals surface area contributed by atoms with Crippen molar-refractivity contribution in [3.8, 4) is 5.75 Å². The van der Waals surface area contributed by atoms with Crippen LogP contribution in [-0.4, -0.2) is 13.1 Å². The minimum atomic E-state index is -0.321. The summed E-state index contributed by atoms with van der Waals surface area (Å²) in [5, 5.41) is 5.43. The van der Waals surface area contributed by atoms with Crippen LogP contribution in [0.15, 0.2) is 48.5 Å². The largest absolute Gasteiger partial charge is 0.495 e. The number of amides is 2. The molecule has 98 valence electrons. The van der Waals surface area contributed by atoms with Gasteiger partial charge in [-0.05, 0) is 24.3 Å². The monoisotopic (exact) mass is 257 g/mol. The van der Waals surface area contributed by atoms with Gasteiger partial charge in [0.25, 0.3) is 0 Å². The Hall–Kier alpha value is -2.69. The molecular formula is C14H15N3O2. The van der Waals surface area contributed by atoms with Crippen molar-refractivity contribution < 1.29 is 9.53 Å². The number of nitrogens with one attached hydrogen (secondary N) is 2. The van der Waals surface area contributed by atoms with Gasteiger partial charge in [0, 0.05) is 17.4 Å². The molecule has 0 fully saturated rings. The molecule has 4 N–H and O–H groups in total. The topological polar surface area (TPSA) is 76.4 Å². The van der Waals surface area contributed by atoms with Gasteiger partial charge in [0.15, 0.2) is 0 Å². The maximum Gasteiger partial charge on any atom is 0.323 e. The average molecular weight is 257 g/mol. The molecule has 0 atom stereocenters. The summed E-state index contributed by atoms with van der Waals surface area (Å²) in [5.74, 6) is 0.525. The maximum absolute atomic E-state index is 11.8. The normalized spacial score (nSPS) is 9.74. The molecule has 2 rings (SSSR count). The van der Waals surface area contributed by atoms with Crippen LogP contribution in [0.1, 0.15) is 0 Å². The van der Waals surface area contributed by atoms with E-state index in [1.54, 1.807) is 18.2 Å². The van der Waals surface area contributed by atoms with E-state index in [9.17, 15) is 4.79 Å². The van der Waals surface area contributed by atoms with E-state index in [1.165, 1.54) is 7.11 Å². The van der Waals surface area contributed by atoms with E-state index < -0.39 is 0 Å². The second-order valence-electron chi connectivity index (χ2n) is 3.90. The highest BCUT2D eigenvalue weighted by Gasteiger charge is 2.05. The third-order valence-corrected chi connectivity index (χ3v) is 2.52. The first kappa shape index (κ1) is 12.8. The molecule has 0 saturated carbocycles. The third kappa shape index (κ3) is 3.38. The third-order valence-electron chi connectivity index (χ3n) is 2.52. The molecule has 0 aromatic heterocycles. The zero-order valence-corrected chi connectivity index (χ0v) is 10.5. The Morgan fingerprint density at radius 2 is 1.74 bits per heavy atom. The highest BCUT2D eigenvalue weighted by molar-refractivity contribution is 6.00. The SMILES string of the molecule is COc1cc(NC(=O)Nc2ccccc2)ccc1N. The van der Waals surface area contributed by atoms with Crippen LogP contribution >= 0.6 is 0 Å². The predicted octanol–water partition coefficient (Wildman–Crippen LogP) is 2.92. The first-order chi connectivity index (χ1) is 9.19. The van der Waals surface area contributed by atoms with Crippen molar-refractivity contribution in [1.29, 1.82) is 0 Å². The molecule has 5 heteroatoms. The highest BCUT2D eigenvalue weighted by atomic mass is 16.5. The van der Waals surface area contributed by atoms with Gasteiger partial charge < -0.3 is 21.1 Å². The van der Waals surface area contributed by atoms with Crippen molar-refractivity contribution in [2.24, 2.45) is 0 Å². The van der Waals surface area contributed by atoms with Crippen molar-refractivity contribution in [3.05, 3.63) is 48.5 Å². The maximum atomic E-state index is 11.8. The van der Waals surface area contributed by atoms with Gasteiger partial charge in [-0.3, -0.25) is 0 Å². The predicted molar refractivity (Wildman–Crippen MR) is 76.5 cm³/mol. The summed E-state index contributed by atoms with van der Waals surface area (Å²) in [6, 6.07) is 13.9. The zero-order chi connectivity index (χ0) is 13.7. The molecule has 0 aliphatic rings. The first-order valence-electron chi connectivity index (χ1n) is 5.75. The molecule has 0 spiro atoms. The van der Waals surface area contributed by atoms with Crippen molar-refractivity contribution in [3.63, 3.8) is 0 Å². The van der Waals surface area contributed by atoms with Crippen LogP contribution in [0.3, 0.4) is 0 Å². The van der Waals surface area contributed by atoms with Gasteiger partial charge in [-0.15, -0.1) is 0 Å². The number of benzene rings is 2. The molecule has 19 heavy (non-hydrogen) atoms. The lowest BCUT2D eigenvalue weighted by molar-refractivity contribution is 0.262. The summed E-state index contributed by atoms with van der Waals surface area (Å²) in [7, 11) is 1.53. The number of anilines is 3. The fourth-order valence-electron chi connectivity index (χ4n) is 1.60. The number of rotatable bonds is 3. The molecule has 2 amide bonds. The summed E-state index contributed by atoms with van der Waals surface area (Å²) in [4.78, 5) is 11.8. The second kappa shape index (κ2) is 5.77. The van der Waals surface area contributed by atoms with Crippen LogP contribution in [0.25, 0.3) is 0 Å². The lowest BCUT2D eigenvalue weighted by atomic mass is 10.2. The van der Waals surface area contributed by atoms with Gasteiger partial charge in [0.05, 0.1) is 12.8 Å². The molecule has 0 aliphatic heterocycles. The van der Waals surface area contributed by atoms with Crippen molar-refractivity contribution in [1.82, 2.24) is 0 Å². The van der Waals surface area contributed by atoms with E-state index in [1.807, 2.05) is 30.3 Å². The molecule has 0 heterocycles. The van der Waals surface area contributed by atoms with Gasteiger partial charge in [-0.2, -0.15) is 0 Å². The smallest absolute Gasteiger partial charge is 0.323 e. The number of para-hydroxylation sites is 1. The van der Waals surface area contributed by atoms with Crippen LogP contribution in [0.4, 0.5) is 21.9 Å². The summed E-state index contributed by atoms with van der Waals surface area (Å²) >= 11 is 0. The van der Waals surface area contributed by atoms with E-state index in [-0.39, 0.29) is 6.03 Å². The number of urea groups is 1. The van der Waals surface area contributed by atoms with E-state index in [4.69, 9.17) is 10.5 Å². The van der Waals surface area contributed by atoms with Crippen molar-refractivity contribution in [2.45, 2.75) is 0 Å². The Kier molecular flexibility index (Phi) is 3.87. The Balaban J connectivity index is 2.03. The average Bonchev–Trinajstić information content (AvgIpc) is 2.42. The number of nitrogen functional groups attached to an aromatic ring is 1. The lowest BCUT2D eigenvalue weighted by Gasteiger charge is -2.10. The number of carbonyl (C=O) groups is 1. The molecule has 2 aromatic rings. The van der Waals surface area contributed by atoms with Gasteiger partial charge in [-0.1, -0.05) is 18.2 Å². The number of ether oxygens (including phenoxy) is 1. The first-order valence-corrected chi connectivity index (χ1v) is 5.75. The van der Waals surface area contributed by atoms with Crippen LogP contribution in [-0.2, 0) is 0 Å². The number of nitrogens with two attached hydrogens (primary N) is 1. The summed E-state index contributed by atoms with van der Waals surface area (Å²) in [5.41, 5.74) is 7.56. The Labute approximate surface area is 111 Å². The lowest BCUT2D eigenvalue weighted by Crippen LogP contribution is -2.19. The highest BCUT2D eigenvalue weighted by Crippen LogP contribution is 2.24. The van der Waals surface area contributed by atoms with Gasteiger partial charge in [0.1, 0.15) is 5.75 Å². The van der Waals surface area contributed by atoms with Crippen molar-refractivity contribution in [2.75, 3.05) is 23.5 Å². The summed E-state index contributed by atoms with van der Waals surface area (Å²) in [6.45, 7) is 0. The van der Waals surface area contributed by atoms with Gasteiger partial charge >= 0.3 is 6.03 Å². The fourth-order valence-corrected chi connectivity index (χ4v) is 1.60. The fraction of sp³-hybridized carbons (Fsp3) is 0.0714. The minimum Gasteiger partial charge on any atom is -0.495 e. The molecule has 2 aromatic carbocycles. The molecule has 5 nitrogen and oxygen atoms in total. The zero-order valence-electron chi connectivity index (χ0n) is 10.5. The Bertz CT molecular complexity index is 570. The minimum absolute atomic E-state index is 0.321. The van der Waals surface area contributed by atoms with E-state index >= 15 is 0 Å². The summed E-state index contributed by atoms with van der Waals surface area (Å²) in [6.07, 6.45) is 0. The van der Waals surface area contributed by atoms with Crippen LogP contribution < -0.4 is 21.1 Å². The number of hydrogen-bond acceptors (Lipinski definition) is 3. The van der Waals surface area contributed by atoms with Gasteiger partial charge in [0.2, 0.25) is 0 Å². The standard InChI is InChI=1S/C14H15N3O2/c1-19-13-9-11(7-8-12(13)15)17-14(18)16-10-5-3-2-4-6-10/h2-9H,15H2,1H3,(H2,16,17,18). The molecule has 0 bridgehead atoms. The molecule has 0 radical (unpaired) electrons. The quantitative estimate of drug-likeness (QED) is 0.740. The molecule has 0 aliphatic carbocycles. The van der Waals surface area contributed by atoms with Crippen LogP contribution in [0, 0.1) is 0 Å². The van der Waals surface area contributed by atoms with Crippen LogP contribution in [0.2, 0.25) is 0 Å². The second-order valence-corrected chi connectivity index (χ2v) is 3.90. The van der Waals surface area contributed by atoms with E-state index in [0.717, 1.165) is 5.69 Å². The Morgan fingerprint density at radius 3 is 2.42 bits per heavy atom. The van der Waals surface area contributed by atoms with E-state index in [0.29, 0.717) is 17.1 Å². The molecular weight excluding hydrogens is 242 g/mol. The number of carbonyl (C=O) groups excluding carboxylic acids is 1. The summed E-state index contributed by atoms with van der Waals surface area (Å²) < 4.78 is 5.09. The number of methoxy groups -OCH3 is 1. The van der Waals surface area contributed by atoms with Gasteiger partial charge in [-0.25, -0.2) is 4.79 Å². The molecule has 0 unspecified atom stereocenters.